The van der Waals surface area contributed by atoms with E-state index in [1.807, 2.05) is 30.3 Å². The largest absolute Gasteiger partial charge is 0.444 e. The Bertz CT molecular complexity index is 426. The number of halogens is 1. The molecule has 1 N–H and O–H groups in total. The second-order valence-electron chi connectivity index (χ2n) is 3.46. The maximum Gasteiger partial charge on any atom is 0.411 e. The molecule has 1 aromatic carbocycles. The fourth-order valence-corrected chi connectivity index (χ4v) is 1.66. The van der Waals surface area contributed by atoms with Gasteiger partial charge in [-0.25, -0.2) is 4.79 Å². The number of ether oxygens (including phenoxy) is 1. The number of hydrogen-bond donors (Lipinski definition) is 1. The summed E-state index contributed by atoms with van der Waals surface area (Å²) in [5, 5.41) is 2.62. The zero-order valence-electron chi connectivity index (χ0n) is 9.57. The van der Waals surface area contributed by atoms with Crippen LogP contribution in [-0.2, 0) is 11.3 Å². The van der Waals surface area contributed by atoms with Crippen LogP contribution in [0, 0.1) is 0 Å². The molecular formula is C13H14INO2. The molecule has 0 aliphatic heterocycles. The van der Waals surface area contributed by atoms with Crippen LogP contribution >= 0.6 is 22.6 Å². The molecule has 4 heteroatoms. The summed E-state index contributed by atoms with van der Waals surface area (Å²) in [6.07, 6.45) is 1.31. The maximum atomic E-state index is 11.4. The van der Waals surface area contributed by atoms with Crippen molar-refractivity contribution in [2.75, 3.05) is 0 Å². The summed E-state index contributed by atoms with van der Waals surface area (Å²) >= 11 is 2.07. The monoisotopic (exact) mass is 343 g/mol. The molecule has 90 valence electrons. The molecule has 17 heavy (non-hydrogen) atoms. The number of allylic oxidation sites excluding steroid dienone is 3. The van der Waals surface area contributed by atoms with Crippen LogP contribution in [0.2, 0.25) is 0 Å². The summed E-state index contributed by atoms with van der Waals surface area (Å²) in [4.78, 5) is 11.4. The predicted octanol–water partition coefficient (Wildman–Crippen LogP) is 3.77. The third-order valence-electron chi connectivity index (χ3n) is 1.89. The normalized spacial score (nSPS) is 10.8. The summed E-state index contributed by atoms with van der Waals surface area (Å²) in [5.74, 6) is 0. The average molecular weight is 343 g/mol. The van der Waals surface area contributed by atoms with Crippen molar-refractivity contribution in [3.8, 4) is 0 Å². The molecule has 1 amide bonds. The smallest absolute Gasteiger partial charge is 0.411 e. The van der Waals surface area contributed by atoms with Crippen LogP contribution in [0.1, 0.15) is 12.5 Å². The Labute approximate surface area is 115 Å². The van der Waals surface area contributed by atoms with E-state index >= 15 is 0 Å². The molecule has 1 rings (SSSR count). The lowest BCUT2D eigenvalue weighted by molar-refractivity contribution is 0.142. The lowest BCUT2D eigenvalue weighted by Crippen LogP contribution is -2.22. The molecule has 0 heterocycles. The highest BCUT2D eigenvalue weighted by Gasteiger charge is 2.02. The topological polar surface area (TPSA) is 38.3 Å². The van der Waals surface area contributed by atoms with E-state index < -0.39 is 6.09 Å². The molecule has 0 fully saturated rings. The van der Waals surface area contributed by atoms with E-state index in [1.165, 1.54) is 0 Å². The van der Waals surface area contributed by atoms with Crippen molar-refractivity contribution in [2.45, 2.75) is 13.5 Å². The number of nitrogens with one attached hydrogen (secondary N) is 1. The van der Waals surface area contributed by atoms with E-state index in [9.17, 15) is 4.79 Å². The number of benzene rings is 1. The van der Waals surface area contributed by atoms with Gasteiger partial charge in [0, 0.05) is 9.28 Å². The van der Waals surface area contributed by atoms with Gasteiger partial charge in [0.15, 0.2) is 0 Å². The van der Waals surface area contributed by atoms with Crippen molar-refractivity contribution < 1.29 is 9.53 Å². The SMILES string of the molecule is C=C(I)/C=C(\C)NC(=O)OCc1ccccc1. The highest BCUT2D eigenvalue weighted by Crippen LogP contribution is 2.06. The Kier molecular flexibility index (Phi) is 5.76. The molecule has 0 saturated carbocycles. The lowest BCUT2D eigenvalue weighted by Gasteiger charge is -2.07. The van der Waals surface area contributed by atoms with Crippen molar-refractivity contribution in [1.82, 2.24) is 5.32 Å². The minimum atomic E-state index is -0.458. The first-order valence-corrected chi connectivity index (χ1v) is 6.16. The van der Waals surface area contributed by atoms with Crippen LogP contribution in [-0.4, -0.2) is 6.09 Å². The number of carbonyl (C=O) groups excluding carboxylic acids is 1. The highest BCUT2D eigenvalue weighted by atomic mass is 127. The van der Waals surface area contributed by atoms with Crippen LogP contribution < -0.4 is 5.32 Å². The first-order valence-electron chi connectivity index (χ1n) is 5.08. The van der Waals surface area contributed by atoms with Crippen LogP contribution in [0.15, 0.2) is 52.3 Å². The van der Waals surface area contributed by atoms with Gasteiger partial charge in [0.25, 0.3) is 0 Å². The van der Waals surface area contributed by atoms with Gasteiger partial charge in [-0.05, 0) is 41.2 Å². The first-order chi connectivity index (χ1) is 8.08. The third kappa shape index (κ3) is 6.11. The van der Waals surface area contributed by atoms with Gasteiger partial charge in [0.1, 0.15) is 6.61 Å². The van der Waals surface area contributed by atoms with Gasteiger partial charge in [0.2, 0.25) is 0 Å². The van der Waals surface area contributed by atoms with Crippen LogP contribution in [0.25, 0.3) is 0 Å². The van der Waals surface area contributed by atoms with Crippen molar-refractivity contribution >= 4 is 28.7 Å². The number of hydrogen-bond acceptors (Lipinski definition) is 2. The summed E-state index contributed by atoms with van der Waals surface area (Å²) < 4.78 is 5.91. The van der Waals surface area contributed by atoms with Gasteiger partial charge >= 0.3 is 6.09 Å². The molecule has 1 aromatic rings. The lowest BCUT2D eigenvalue weighted by atomic mass is 10.2. The standard InChI is InChI=1S/C13H14INO2/c1-10(14)8-11(2)15-13(16)17-9-12-6-4-3-5-7-12/h3-8H,1,9H2,2H3,(H,15,16)/b11-8+. The van der Waals surface area contributed by atoms with E-state index in [4.69, 9.17) is 4.74 Å². The van der Waals surface area contributed by atoms with Gasteiger partial charge in [0.05, 0.1) is 0 Å². The quantitative estimate of drug-likeness (QED) is 0.668. The minimum Gasteiger partial charge on any atom is -0.444 e. The number of carbonyl (C=O) groups is 1. The Hall–Kier alpha value is -1.30. The molecule has 0 bridgehead atoms. The zero-order chi connectivity index (χ0) is 12.7. The highest BCUT2D eigenvalue weighted by molar-refractivity contribution is 14.1. The molecule has 0 radical (unpaired) electrons. The van der Waals surface area contributed by atoms with Gasteiger partial charge in [-0.15, -0.1) is 0 Å². The summed E-state index contributed by atoms with van der Waals surface area (Å²) in [6.45, 7) is 5.77. The summed E-state index contributed by atoms with van der Waals surface area (Å²) in [7, 11) is 0. The Morgan fingerprint density at radius 3 is 2.71 bits per heavy atom. The predicted molar refractivity (Wildman–Crippen MR) is 76.7 cm³/mol. The summed E-state index contributed by atoms with van der Waals surface area (Å²) in [6, 6.07) is 9.54. The molecule has 0 saturated heterocycles. The molecule has 0 aromatic heterocycles. The molecule has 0 aliphatic rings. The molecule has 0 unspecified atom stereocenters. The molecule has 0 spiro atoms. The van der Waals surface area contributed by atoms with Crippen LogP contribution in [0.4, 0.5) is 4.79 Å². The van der Waals surface area contributed by atoms with Crippen LogP contribution in [0.3, 0.4) is 0 Å². The second kappa shape index (κ2) is 7.11. The van der Waals surface area contributed by atoms with Gasteiger partial charge < -0.3 is 4.74 Å². The van der Waals surface area contributed by atoms with E-state index in [0.29, 0.717) is 5.70 Å². The van der Waals surface area contributed by atoms with Gasteiger partial charge in [-0.2, -0.15) is 0 Å². The van der Waals surface area contributed by atoms with Crippen molar-refractivity contribution in [3.63, 3.8) is 0 Å². The fraction of sp³-hybridized carbons (Fsp3) is 0.154. The number of rotatable bonds is 4. The first kappa shape index (κ1) is 13.8. The average Bonchev–Trinajstić information content (AvgIpc) is 2.26. The van der Waals surface area contributed by atoms with Crippen LogP contribution in [0.5, 0.6) is 0 Å². The fourth-order valence-electron chi connectivity index (χ4n) is 1.19. The van der Waals surface area contributed by atoms with Crippen molar-refractivity contribution in [2.24, 2.45) is 0 Å². The third-order valence-corrected chi connectivity index (χ3v) is 2.20. The molecule has 0 atom stereocenters. The summed E-state index contributed by atoms with van der Waals surface area (Å²) in [5.41, 5.74) is 1.67. The van der Waals surface area contributed by atoms with Gasteiger partial charge in [-0.1, -0.05) is 36.9 Å². The number of amides is 1. The maximum absolute atomic E-state index is 11.4. The second-order valence-corrected chi connectivity index (χ2v) is 4.85. The Morgan fingerprint density at radius 1 is 1.47 bits per heavy atom. The van der Waals surface area contributed by atoms with Crippen molar-refractivity contribution in [3.05, 3.63) is 57.8 Å². The molecule has 0 aliphatic carbocycles. The molecular weight excluding hydrogens is 329 g/mol. The van der Waals surface area contributed by atoms with E-state index in [-0.39, 0.29) is 6.61 Å². The number of alkyl carbamates (subject to hydrolysis) is 1. The minimum absolute atomic E-state index is 0.269. The van der Waals surface area contributed by atoms with E-state index in [2.05, 4.69) is 34.5 Å². The Morgan fingerprint density at radius 2 is 2.12 bits per heavy atom. The zero-order valence-corrected chi connectivity index (χ0v) is 11.7. The molecule has 3 nitrogen and oxygen atoms in total. The Balaban J connectivity index is 2.38. The van der Waals surface area contributed by atoms with E-state index in [0.717, 1.165) is 9.14 Å². The van der Waals surface area contributed by atoms with E-state index in [1.54, 1.807) is 13.0 Å². The van der Waals surface area contributed by atoms with Gasteiger partial charge in [-0.3, -0.25) is 5.32 Å². The van der Waals surface area contributed by atoms with Crippen molar-refractivity contribution in [1.29, 1.82) is 0 Å².